The molecule has 2 N–H and O–H groups in total. The molecule has 226 valence electrons. The van der Waals surface area contributed by atoms with Crippen molar-refractivity contribution in [3.63, 3.8) is 0 Å². The number of allylic oxidation sites excluding steroid dienone is 1. The summed E-state index contributed by atoms with van der Waals surface area (Å²) < 4.78 is 31.2. The standard InChI is InChI=1S/C33H32FN5O5/c1-6-14-37-32(36-4)33(12-13-33)39-29(40)24-15-20(18-38-31(24)42-5)22-16-23-26(17-25(22)43-7-2)44-28(27(23)30(41)35-3)19-8-10-21(34)11-9-19/h6,8-11,14-18H,4,7,12-13H2,1-3,5H3,(H,35,41)(H,39,40)/b14-6-,37-32-. The monoisotopic (exact) mass is 597 g/mol. The van der Waals surface area contributed by atoms with Crippen LogP contribution in [0.4, 0.5) is 4.39 Å². The molecule has 1 aliphatic carbocycles. The Labute approximate surface area is 253 Å². The Morgan fingerprint density at radius 1 is 1.16 bits per heavy atom. The van der Waals surface area contributed by atoms with Crippen molar-refractivity contribution >= 4 is 35.3 Å². The Morgan fingerprint density at radius 3 is 2.52 bits per heavy atom. The van der Waals surface area contributed by atoms with Crippen molar-refractivity contribution in [2.75, 3.05) is 20.8 Å². The molecule has 0 bridgehead atoms. The molecule has 1 aliphatic rings. The van der Waals surface area contributed by atoms with Gasteiger partial charge >= 0.3 is 0 Å². The summed E-state index contributed by atoms with van der Waals surface area (Å²) in [7, 11) is 2.96. The molecule has 0 saturated heterocycles. The summed E-state index contributed by atoms with van der Waals surface area (Å²) in [4.78, 5) is 39.6. The number of nitrogens with zero attached hydrogens (tertiary/aromatic N) is 3. The van der Waals surface area contributed by atoms with Crippen molar-refractivity contribution in [2.45, 2.75) is 32.2 Å². The van der Waals surface area contributed by atoms with Gasteiger partial charge in [0.15, 0.2) is 5.84 Å². The van der Waals surface area contributed by atoms with Crippen LogP contribution in [0.5, 0.6) is 11.6 Å². The van der Waals surface area contributed by atoms with Crippen molar-refractivity contribution in [1.29, 1.82) is 0 Å². The zero-order valence-electron chi connectivity index (χ0n) is 24.9. The lowest BCUT2D eigenvalue weighted by Crippen LogP contribution is -2.42. The Balaban J connectivity index is 1.63. The van der Waals surface area contributed by atoms with Crippen LogP contribution < -0.4 is 20.1 Å². The zero-order chi connectivity index (χ0) is 31.4. The number of carbonyl (C=O) groups excluding carboxylic acids is 2. The predicted molar refractivity (Wildman–Crippen MR) is 167 cm³/mol. The molecule has 2 amide bonds. The Bertz CT molecular complexity index is 1810. The third kappa shape index (κ3) is 5.68. The number of amidine groups is 1. The highest BCUT2D eigenvalue weighted by molar-refractivity contribution is 6.12. The van der Waals surface area contributed by atoms with E-state index in [0.717, 1.165) is 0 Å². The number of hydrogen-bond acceptors (Lipinski definition) is 7. The van der Waals surface area contributed by atoms with Gasteiger partial charge < -0.3 is 24.5 Å². The summed E-state index contributed by atoms with van der Waals surface area (Å²) in [5.41, 5.74) is 1.79. The van der Waals surface area contributed by atoms with Gasteiger partial charge in [-0.25, -0.2) is 19.4 Å². The van der Waals surface area contributed by atoms with Crippen LogP contribution in [0.25, 0.3) is 33.4 Å². The highest BCUT2D eigenvalue weighted by atomic mass is 19.1. The summed E-state index contributed by atoms with van der Waals surface area (Å²) in [6, 6.07) is 10.8. The average molecular weight is 598 g/mol. The molecular weight excluding hydrogens is 565 g/mol. The first-order chi connectivity index (χ1) is 21.3. The number of nitrogens with one attached hydrogen (secondary N) is 2. The van der Waals surface area contributed by atoms with Crippen LogP contribution in [0, 0.1) is 5.82 Å². The van der Waals surface area contributed by atoms with Crippen LogP contribution in [0.1, 0.15) is 47.4 Å². The van der Waals surface area contributed by atoms with Crippen molar-refractivity contribution in [3.05, 3.63) is 77.9 Å². The minimum atomic E-state index is -0.731. The number of carbonyl (C=O) groups is 2. The van der Waals surface area contributed by atoms with Crippen LogP contribution in [-0.4, -0.2) is 55.7 Å². The van der Waals surface area contributed by atoms with E-state index in [1.54, 1.807) is 48.8 Å². The molecule has 2 heterocycles. The van der Waals surface area contributed by atoms with Gasteiger partial charge in [-0.2, -0.15) is 0 Å². The minimum Gasteiger partial charge on any atom is -0.493 e. The fourth-order valence-corrected chi connectivity index (χ4v) is 4.98. The number of amides is 2. The number of aliphatic imine (C=N–C) groups is 2. The molecule has 0 spiro atoms. The molecule has 1 saturated carbocycles. The van der Waals surface area contributed by atoms with Gasteiger partial charge in [0.1, 0.15) is 34.0 Å². The highest BCUT2D eigenvalue weighted by Crippen LogP contribution is 2.42. The molecule has 2 aromatic heterocycles. The van der Waals surface area contributed by atoms with Gasteiger partial charge in [0, 0.05) is 47.6 Å². The number of ether oxygens (including phenoxy) is 2. The minimum absolute atomic E-state index is 0.132. The van der Waals surface area contributed by atoms with E-state index >= 15 is 0 Å². The molecule has 2 aromatic carbocycles. The predicted octanol–water partition coefficient (Wildman–Crippen LogP) is 5.96. The van der Waals surface area contributed by atoms with Gasteiger partial charge in [-0.05, 0) is 69.8 Å². The number of rotatable bonds is 10. The summed E-state index contributed by atoms with van der Waals surface area (Å²) in [5, 5.41) is 6.20. The molecule has 11 heteroatoms. The first-order valence-electron chi connectivity index (χ1n) is 14.0. The van der Waals surface area contributed by atoms with E-state index in [1.165, 1.54) is 26.3 Å². The zero-order valence-corrected chi connectivity index (χ0v) is 24.9. The second-order valence-corrected chi connectivity index (χ2v) is 10.1. The van der Waals surface area contributed by atoms with E-state index < -0.39 is 17.3 Å². The SMILES string of the molecule is C=N/C(=N\C=C/C)C1(NC(=O)c2cc(-c3cc4c(C(=O)NC)c(-c5ccc(F)cc5)oc4cc3OCC)cnc2OC)CC1. The molecule has 0 atom stereocenters. The topological polar surface area (TPSA) is 127 Å². The summed E-state index contributed by atoms with van der Waals surface area (Å²) in [6.07, 6.45) is 6.26. The molecular formula is C33H32FN5O5. The number of aromatic nitrogens is 1. The fourth-order valence-electron chi connectivity index (χ4n) is 4.98. The van der Waals surface area contributed by atoms with Gasteiger partial charge in [0.25, 0.3) is 11.8 Å². The van der Waals surface area contributed by atoms with Gasteiger partial charge in [0.2, 0.25) is 5.88 Å². The van der Waals surface area contributed by atoms with E-state index in [0.29, 0.717) is 58.7 Å². The maximum atomic E-state index is 13.7. The lowest BCUT2D eigenvalue weighted by atomic mass is 9.99. The van der Waals surface area contributed by atoms with Crippen molar-refractivity contribution < 1.29 is 27.9 Å². The van der Waals surface area contributed by atoms with Crippen LogP contribution in [0.15, 0.2) is 75.3 Å². The number of pyridine rings is 1. The lowest BCUT2D eigenvalue weighted by Gasteiger charge is -2.18. The van der Waals surface area contributed by atoms with E-state index in [1.807, 2.05) is 13.8 Å². The number of fused-ring (bicyclic) bond motifs is 1. The van der Waals surface area contributed by atoms with Crippen molar-refractivity contribution in [1.82, 2.24) is 15.6 Å². The van der Waals surface area contributed by atoms with E-state index in [4.69, 9.17) is 13.9 Å². The first-order valence-corrected chi connectivity index (χ1v) is 14.0. The molecule has 4 aromatic rings. The third-order valence-electron chi connectivity index (χ3n) is 7.28. The maximum Gasteiger partial charge on any atom is 0.257 e. The highest BCUT2D eigenvalue weighted by Gasteiger charge is 2.49. The first kappa shape index (κ1) is 30.1. The number of halogens is 1. The lowest BCUT2D eigenvalue weighted by molar-refractivity contribution is 0.0937. The van der Waals surface area contributed by atoms with E-state index in [-0.39, 0.29) is 28.7 Å². The molecule has 5 rings (SSSR count). The van der Waals surface area contributed by atoms with Crippen molar-refractivity contribution in [2.24, 2.45) is 9.98 Å². The van der Waals surface area contributed by atoms with E-state index in [2.05, 4.69) is 32.3 Å². The maximum absolute atomic E-state index is 13.7. The third-order valence-corrected chi connectivity index (χ3v) is 7.28. The van der Waals surface area contributed by atoms with Gasteiger partial charge in [-0.15, -0.1) is 0 Å². The molecule has 0 radical (unpaired) electrons. The molecule has 0 unspecified atom stereocenters. The summed E-state index contributed by atoms with van der Waals surface area (Å²) >= 11 is 0. The van der Waals surface area contributed by atoms with Gasteiger partial charge in [-0.3, -0.25) is 9.59 Å². The second-order valence-electron chi connectivity index (χ2n) is 10.1. The summed E-state index contributed by atoms with van der Waals surface area (Å²) in [5.74, 6) is 0.0879. The fraction of sp³-hybridized carbons (Fsp3) is 0.242. The van der Waals surface area contributed by atoms with Crippen molar-refractivity contribution in [3.8, 4) is 34.1 Å². The number of furan rings is 1. The molecule has 1 fully saturated rings. The normalized spacial score (nSPS) is 14.0. The van der Waals surface area contributed by atoms with Crippen LogP contribution in [0.2, 0.25) is 0 Å². The Kier molecular flexibility index (Phi) is 8.57. The summed E-state index contributed by atoms with van der Waals surface area (Å²) in [6.45, 7) is 7.64. The van der Waals surface area contributed by atoms with Gasteiger partial charge in [0.05, 0.1) is 19.3 Å². The number of methoxy groups -OCH3 is 1. The van der Waals surface area contributed by atoms with Crippen LogP contribution in [-0.2, 0) is 0 Å². The number of benzene rings is 2. The smallest absolute Gasteiger partial charge is 0.257 e. The molecule has 10 nitrogen and oxygen atoms in total. The quantitative estimate of drug-likeness (QED) is 0.171. The number of hydrogen-bond donors (Lipinski definition) is 2. The molecule has 0 aliphatic heterocycles. The Hall–Kier alpha value is -5.32. The molecule has 44 heavy (non-hydrogen) atoms. The second kappa shape index (κ2) is 12.5. The largest absolute Gasteiger partial charge is 0.493 e. The average Bonchev–Trinajstić information content (AvgIpc) is 3.71. The Morgan fingerprint density at radius 2 is 1.91 bits per heavy atom. The van der Waals surface area contributed by atoms with Crippen LogP contribution >= 0.6 is 0 Å². The van der Waals surface area contributed by atoms with Gasteiger partial charge in [-0.1, -0.05) is 6.08 Å². The van der Waals surface area contributed by atoms with Crippen LogP contribution in [0.3, 0.4) is 0 Å². The van der Waals surface area contributed by atoms with E-state index in [9.17, 15) is 14.0 Å².